The van der Waals surface area contributed by atoms with Crippen molar-refractivity contribution in [3.05, 3.63) is 0 Å². The number of hydrogen-bond acceptors (Lipinski definition) is 1. The topological polar surface area (TPSA) is 29.1 Å². The van der Waals surface area contributed by atoms with Gasteiger partial charge in [0.1, 0.15) is 0 Å². The number of piperidine rings is 1. The van der Waals surface area contributed by atoms with Crippen molar-refractivity contribution in [3.63, 3.8) is 0 Å². The SMILES string of the molecule is O=C1NCCC[C@H]1CC(F)F. The molecular weight excluding hydrogens is 152 g/mol. The minimum Gasteiger partial charge on any atom is -0.356 e. The summed E-state index contributed by atoms with van der Waals surface area (Å²) in [5.41, 5.74) is 0. The third-order valence-corrected chi connectivity index (χ3v) is 1.86. The summed E-state index contributed by atoms with van der Waals surface area (Å²) in [5.74, 6) is -0.666. The number of rotatable bonds is 2. The Morgan fingerprint density at radius 2 is 2.36 bits per heavy atom. The third-order valence-electron chi connectivity index (χ3n) is 1.86. The van der Waals surface area contributed by atoms with Crippen molar-refractivity contribution in [2.24, 2.45) is 5.92 Å². The van der Waals surface area contributed by atoms with Gasteiger partial charge >= 0.3 is 0 Å². The van der Waals surface area contributed by atoms with Crippen LogP contribution in [0.2, 0.25) is 0 Å². The predicted molar refractivity (Wildman–Crippen MR) is 36.4 cm³/mol. The van der Waals surface area contributed by atoms with Crippen LogP contribution in [-0.2, 0) is 4.79 Å². The van der Waals surface area contributed by atoms with E-state index in [-0.39, 0.29) is 12.3 Å². The Bertz CT molecular complexity index is 149. The van der Waals surface area contributed by atoms with Crippen LogP contribution in [-0.4, -0.2) is 18.9 Å². The molecule has 2 nitrogen and oxygen atoms in total. The van der Waals surface area contributed by atoms with Crippen molar-refractivity contribution in [2.45, 2.75) is 25.7 Å². The monoisotopic (exact) mass is 163 g/mol. The van der Waals surface area contributed by atoms with Crippen LogP contribution in [0.5, 0.6) is 0 Å². The maximum Gasteiger partial charge on any atom is 0.239 e. The van der Waals surface area contributed by atoms with Crippen LogP contribution >= 0.6 is 0 Å². The summed E-state index contributed by atoms with van der Waals surface area (Å²) >= 11 is 0. The van der Waals surface area contributed by atoms with Gasteiger partial charge in [-0.05, 0) is 12.8 Å². The van der Waals surface area contributed by atoms with Gasteiger partial charge in [-0.3, -0.25) is 4.79 Å². The van der Waals surface area contributed by atoms with E-state index in [2.05, 4.69) is 5.32 Å². The molecule has 0 spiro atoms. The Morgan fingerprint density at radius 1 is 1.64 bits per heavy atom. The van der Waals surface area contributed by atoms with E-state index in [1.54, 1.807) is 0 Å². The molecule has 0 aliphatic carbocycles. The van der Waals surface area contributed by atoms with Gasteiger partial charge in [0.15, 0.2) is 0 Å². The van der Waals surface area contributed by atoms with Gasteiger partial charge in [-0.1, -0.05) is 0 Å². The maximum absolute atomic E-state index is 11.8. The van der Waals surface area contributed by atoms with Gasteiger partial charge in [0.25, 0.3) is 0 Å². The smallest absolute Gasteiger partial charge is 0.239 e. The number of amides is 1. The molecule has 1 aliphatic heterocycles. The van der Waals surface area contributed by atoms with Crippen LogP contribution < -0.4 is 5.32 Å². The van der Waals surface area contributed by atoms with E-state index in [1.165, 1.54) is 0 Å². The zero-order chi connectivity index (χ0) is 8.27. The zero-order valence-electron chi connectivity index (χ0n) is 6.15. The number of nitrogens with one attached hydrogen (secondary N) is 1. The molecule has 1 atom stereocenters. The Hall–Kier alpha value is -0.670. The highest BCUT2D eigenvalue weighted by Gasteiger charge is 2.24. The van der Waals surface area contributed by atoms with Crippen LogP contribution in [0.15, 0.2) is 0 Å². The summed E-state index contributed by atoms with van der Waals surface area (Å²) in [6.45, 7) is 0.637. The van der Waals surface area contributed by atoms with Crippen LogP contribution in [0.25, 0.3) is 0 Å². The van der Waals surface area contributed by atoms with Crippen LogP contribution in [0.1, 0.15) is 19.3 Å². The molecule has 1 fully saturated rings. The lowest BCUT2D eigenvalue weighted by Crippen LogP contribution is -2.37. The van der Waals surface area contributed by atoms with Gasteiger partial charge < -0.3 is 5.32 Å². The highest BCUT2D eigenvalue weighted by atomic mass is 19.3. The van der Waals surface area contributed by atoms with E-state index in [4.69, 9.17) is 0 Å². The summed E-state index contributed by atoms with van der Waals surface area (Å²) in [6.07, 6.45) is -1.21. The first-order valence-corrected chi connectivity index (χ1v) is 3.76. The van der Waals surface area contributed by atoms with E-state index in [0.29, 0.717) is 13.0 Å². The summed E-state index contributed by atoms with van der Waals surface area (Å²) in [4.78, 5) is 10.9. The first-order chi connectivity index (χ1) is 5.20. The van der Waals surface area contributed by atoms with Gasteiger partial charge in [0.2, 0.25) is 12.3 Å². The molecule has 1 rings (SSSR count). The molecule has 0 bridgehead atoms. The van der Waals surface area contributed by atoms with Gasteiger partial charge in [-0.25, -0.2) is 8.78 Å². The molecule has 1 amide bonds. The molecule has 11 heavy (non-hydrogen) atoms. The molecule has 1 heterocycles. The lowest BCUT2D eigenvalue weighted by atomic mass is 9.96. The van der Waals surface area contributed by atoms with Crippen LogP contribution in [0, 0.1) is 5.92 Å². The van der Waals surface area contributed by atoms with Crippen molar-refractivity contribution in [3.8, 4) is 0 Å². The van der Waals surface area contributed by atoms with E-state index in [1.807, 2.05) is 0 Å². The molecule has 0 aromatic heterocycles. The van der Waals surface area contributed by atoms with Crippen molar-refractivity contribution < 1.29 is 13.6 Å². The fourth-order valence-electron chi connectivity index (χ4n) is 1.28. The summed E-state index contributed by atoms with van der Waals surface area (Å²) in [6, 6.07) is 0. The average molecular weight is 163 g/mol. The van der Waals surface area contributed by atoms with Crippen molar-refractivity contribution in [1.29, 1.82) is 0 Å². The van der Waals surface area contributed by atoms with Gasteiger partial charge in [0.05, 0.1) is 0 Å². The second-order valence-corrected chi connectivity index (χ2v) is 2.76. The lowest BCUT2D eigenvalue weighted by molar-refractivity contribution is -0.128. The molecular formula is C7H11F2NO. The Labute approximate surface area is 64.0 Å². The molecule has 0 radical (unpaired) electrons. The molecule has 0 aromatic carbocycles. The largest absolute Gasteiger partial charge is 0.356 e. The van der Waals surface area contributed by atoms with E-state index in [9.17, 15) is 13.6 Å². The minimum atomic E-state index is -2.36. The lowest BCUT2D eigenvalue weighted by Gasteiger charge is -2.20. The molecule has 4 heteroatoms. The third kappa shape index (κ3) is 2.44. The van der Waals surface area contributed by atoms with Crippen molar-refractivity contribution in [2.75, 3.05) is 6.54 Å². The molecule has 0 aromatic rings. The highest BCUT2D eigenvalue weighted by molar-refractivity contribution is 5.79. The van der Waals surface area contributed by atoms with Gasteiger partial charge in [-0.2, -0.15) is 0 Å². The predicted octanol–water partition coefficient (Wildman–Crippen LogP) is 1.17. The van der Waals surface area contributed by atoms with Crippen LogP contribution in [0.3, 0.4) is 0 Å². The fourth-order valence-corrected chi connectivity index (χ4v) is 1.28. The van der Waals surface area contributed by atoms with Crippen molar-refractivity contribution in [1.82, 2.24) is 5.32 Å². The summed E-state index contributed by atoms with van der Waals surface area (Å²) < 4.78 is 23.6. The number of carbonyl (C=O) groups excluding carboxylic acids is 1. The highest BCUT2D eigenvalue weighted by Crippen LogP contribution is 2.18. The Kier molecular flexibility index (Phi) is 2.79. The minimum absolute atomic E-state index is 0.212. The fraction of sp³-hybridized carbons (Fsp3) is 0.857. The molecule has 1 N–H and O–H groups in total. The first kappa shape index (κ1) is 8.43. The molecule has 0 saturated carbocycles. The average Bonchev–Trinajstić information content (AvgIpc) is 1.93. The molecule has 1 saturated heterocycles. The number of hydrogen-bond donors (Lipinski definition) is 1. The van der Waals surface area contributed by atoms with Gasteiger partial charge in [0, 0.05) is 18.9 Å². The standard InChI is InChI=1S/C7H11F2NO/c8-6(9)4-5-2-1-3-10-7(5)11/h5-6H,1-4H2,(H,10,11)/t5-/m0/s1. The zero-order valence-corrected chi connectivity index (χ0v) is 6.15. The molecule has 64 valence electrons. The molecule has 0 unspecified atom stereocenters. The maximum atomic E-state index is 11.8. The Morgan fingerprint density at radius 3 is 2.91 bits per heavy atom. The van der Waals surface area contributed by atoms with Crippen LogP contribution in [0.4, 0.5) is 8.78 Å². The van der Waals surface area contributed by atoms with E-state index in [0.717, 1.165) is 6.42 Å². The summed E-state index contributed by atoms with van der Waals surface area (Å²) in [7, 11) is 0. The van der Waals surface area contributed by atoms with E-state index >= 15 is 0 Å². The van der Waals surface area contributed by atoms with Gasteiger partial charge in [-0.15, -0.1) is 0 Å². The second kappa shape index (κ2) is 3.64. The van der Waals surface area contributed by atoms with E-state index < -0.39 is 12.3 Å². The molecule has 1 aliphatic rings. The second-order valence-electron chi connectivity index (χ2n) is 2.76. The number of alkyl halides is 2. The normalized spacial score (nSPS) is 25.4. The van der Waals surface area contributed by atoms with Crippen molar-refractivity contribution >= 4 is 5.91 Å². The summed E-state index contributed by atoms with van der Waals surface area (Å²) in [5, 5.41) is 2.57. The Balaban J connectivity index is 2.36. The number of halogens is 2. The quantitative estimate of drug-likeness (QED) is 0.650. The number of carbonyl (C=O) groups is 1. The first-order valence-electron chi connectivity index (χ1n) is 3.76.